The van der Waals surface area contributed by atoms with Crippen molar-refractivity contribution in [2.24, 2.45) is 10.9 Å². The number of amidine groups is 1. The summed E-state index contributed by atoms with van der Waals surface area (Å²) < 4.78 is 20.1. The molecule has 3 fully saturated rings. The van der Waals surface area contributed by atoms with Crippen LogP contribution in [0.2, 0.25) is 5.02 Å². The van der Waals surface area contributed by atoms with Crippen LogP contribution in [-0.4, -0.2) is 100 Å². The Bertz CT molecular complexity index is 1490. The number of aliphatic carboxylic acids is 1. The lowest BCUT2D eigenvalue weighted by Crippen LogP contribution is -2.53. The first-order valence-corrected chi connectivity index (χ1v) is 15.6. The zero-order chi connectivity index (χ0) is 30.2. The SMILES string of the molecule is CCOC(=O)C1=C(CN2CCN3C(=O)N([C@H]4CC[C@H](C(=O)O)C4)C[C@@H]3C2)NC(c2nccs2)=N[C@H]1c1cccc(F)c1Cl. The molecule has 2 aromatic rings. The number of hydrogen-bond donors (Lipinski definition) is 2. The molecule has 43 heavy (non-hydrogen) atoms. The van der Waals surface area contributed by atoms with Crippen LogP contribution >= 0.6 is 22.9 Å². The van der Waals surface area contributed by atoms with Crippen LogP contribution in [-0.2, 0) is 14.3 Å². The lowest BCUT2D eigenvalue weighted by atomic mass is 9.95. The number of piperazine rings is 1. The summed E-state index contributed by atoms with van der Waals surface area (Å²) in [6, 6.07) is 3.34. The van der Waals surface area contributed by atoms with Crippen LogP contribution in [0.3, 0.4) is 0 Å². The number of fused-ring (bicyclic) bond motifs is 1. The Labute approximate surface area is 257 Å². The molecule has 0 bridgehead atoms. The first-order chi connectivity index (χ1) is 20.7. The monoisotopic (exact) mass is 630 g/mol. The van der Waals surface area contributed by atoms with E-state index in [1.807, 2.05) is 15.2 Å². The number of carbonyl (C=O) groups excluding carboxylic acids is 2. The number of benzene rings is 1. The number of aliphatic imine (C=N–C) groups is 1. The Kier molecular flexibility index (Phi) is 8.38. The second-order valence-corrected chi connectivity index (χ2v) is 12.4. The first kappa shape index (κ1) is 29.5. The minimum atomic E-state index is -0.924. The van der Waals surface area contributed by atoms with Gasteiger partial charge in [-0.05, 0) is 32.3 Å². The quantitative estimate of drug-likeness (QED) is 0.424. The van der Waals surface area contributed by atoms with Crippen LogP contribution < -0.4 is 5.32 Å². The molecule has 4 atom stereocenters. The minimum absolute atomic E-state index is 0.0399. The van der Waals surface area contributed by atoms with E-state index in [9.17, 15) is 23.9 Å². The van der Waals surface area contributed by atoms with Crippen LogP contribution in [0.1, 0.15) is 42.8 Å². The largest absolute Gasteiger partial charge is 0.481 e. The number of carboxylic acids is 1. The maximum Gasteiger partial charge on any atom is 0.338 e. The van der Waals surface area contributed by atoms with Crippen molar-refractivity contribution in [1.29, 1.82) is 0 Å². The van der Waals surface area contributed by atoms with Crippen molar-refractivity contribution < 1.29 is 28.6 Å². The Morgan fingerprint density at radius 2 is 2.05 bits per heavy atom. The Morgan fingerprint density at radius 3 is 2.77 bits per heavy atom. The van der Waals surface area contributed by atoms with E-state index in [1.54, 1.807) is 19.2 Å². The standard InChI is InChI=1S/C29H32ClFN6O5S/c1-2-42-28(40)22-21(33-25(26-32-8-11-43-26)34-24(22)19-4-3-5-20(31)23(19)30)15-35-9-10-36-18(13-35)14-37(29(36)41)17-7-6-16(12-17)27(38)39/h3-5,8,11,16-18,24H,2,6-7,9-10,12-15H2,1H3,(H,33,34)(H,38,39)/t16-,17-,18-,24-/m0/s1. The average Bonchev–Trinajstić information content (AvgIpc) is 3.75. The normalized spacial score (nSPS) is 25.9. The molecule has 228 valence electrons. The Hall–Kier alpha value is -3.55. The van der Waals surface area contributed by atoms with Crippen LogP contribution in [0.4, 0.5) is 9.18 Å². The number of urea groups is 1. The molecule has 1 aromatic heterocycles. The van der Waals surface area contributed by atoms with E-state index in [2.05, 4.69) is 15.2 Å². The van der Waals surface area contributed by atoms with Crippen LogP contribution in [0.15, 0.2) is 46.0 Å². The molecule has 0 spiro atoms. The molecule has 11 nitrogen and oxygen atoms in total. The highest BCUT2D eigenvalue weighted by Crippen LogP contribution is 2.38. The van der Waals surface area contributed by atoms with Crippen molar-refractivity contribution in [3.63, 3.8) is 0 Å². The molecule has 1 aliphatic carbocycles. The fourth-order valence-corrected chi connectivity index (χ4v) is 7.33. The third kappa shape index (κ3) is 5.73. The predicted molar refractivity (Wildman–Crippen MR) is 157 cm³/mol. The highest BCUT2D eigenvalue weighted by molar-refractivity contribution is 7.11. The number of nitrogens with one attached hydrogen (secondary N) is 1. The third-order valence-electron chi connectivity index (χ3n) is 8.57. The fraction of sp³-hybridized carbons (Fsp3) is 0.483. The molecule has 0 unspecified atom stereocenters. The number of ether oxygens (including phenoxy) is 1. The lowest BCUT2D eigenvalue weighted by molar-refractivity contribution is -0.141. The number of amides is 2. The van der Waals surface area contributed by atoms with E-state index >= 15 is 0 Å². The van der Waals surface area contributed by atoms with Gasteiger partial charge in [0, 0.05) is 61.6 Å². The smallest absolute Gasteiger partial charge is 0.338 e. The number of aromatic nitrogens is 1. The molecule has 2 N–H and O–H groups in total. The molecule has 6 rings (SSSR count). The second-order valence-electron chi connectivity index (χ2n) is 11.1. The Morgan fingerprint density at radius 1 is 1.21 bits per heavy atom. The van der Waals surface area contributed by atoms with Gasteiger partial charge in [-0.15, -0.1) is 11.3 Å². The summed E-state index contributed by atoms with van der Waals surface area (Å²) in [4.78, 5) is 53.3. The highest BCUT2D eigenvalue weighted by atomic mass is 35.5. The summed E-state index contributed by atoms with van der Waals surface area (Å²) in [5, 5.41) is 15.1. The third-order valence-corrected chi connectivity index (χ3v) is 9.75. The number of rotatable bonds is 8. The topological polar surface area (TPSA) is 128 Å². The second kappa shape index (κ2) is 12.2. The van der Waals surface area contributed by atoms with Gasteiger partial charge >= 0.3 is 18.0 Å². The lowest BCUT2D eigenvalue weighted by Gasteiger charge is -2.38. The zero-order valence-corrected chi connectivity index (χ0v) is 25.1. The summed E-state index contributed by atoms with van der Waals surface area (Å²) in [5.41, 5.74) is 1.14. The molecule has 1 saturated carbocycles. The fourth-order valence-electron chi connectivity index (χ4n) is 6.51. The number of carbonyl (C=O) groups is 3. The zero-order valence-electron chi connectivity index (χ0n) is 23.5. The van der Waals surface area contributed by atoms with Gasteiger partial charge in [-0.2, -0.15) is 0 Å². The van der Waals surface area contributed by atoms with E-state index in [4.69, 9.17) is 21.3 Å². The maximum atomic E-state index is 14.6. The van der Waals surface area contributed by atoms with Gasteiger partial charge in [-0.3, -0.25) is 14.7 Å². The van der Waals surface area contributed by atoms with E-state index in [1.165, 1.54) is 23.5 Å². The van der Waals surface area contributed by atoms with Crippen molar-refractivity contribution >= 4 is 46.7 Å². The minimum Gasteiger partial charge on any atom is -0.481 e. The number of halogens is 2. The average molecular weight is 631 g/mol. The maximum absolute atomic E-state index is 14.6. The summed E-state index contributed by atoms with van der Waals surface area (Å²) in [6.45, 7) is 4.34. The van der Waals surface area contributed by atoms with Crippen molar-refractivity contribution in [3.05, 3.63) is 62.5 Å². The van der Waals surface area contributed by atoms with Crippen molar-refractivity contribution in [1.82, 2.24) is 25.0 Å². The van der Waals surface area contributed by atoms with Crippen LogP contribution in [0.5, 0.6) is 0 Å². The molecule has 1 aromatic carbocycles. The summed E-state index contributed by atoms with van der Waals surface area (Å²) in [5.74, 6) is -1.96. The molecular weight excluding hydrogens is 599 g/mol. The predicted octanol–water partition coefficient (Wildman–Crippen LogP) is 3.52. The highest BCUT2D eigenvalue weighted by Gasteiger charge is 2.46. The summed E-state index contributed by atoms with van der Waals surface area (Å²) in [7, 11) is 0. The van der Waals surface area contributed by atoms with Gasteiger partial charge in [0.05, 0.1) is 29.2 Å². The molecule has 2 saturated heterocycles. The van der Waals surface area contributed by atoms with Gasteiger partial charge in [0.25, 0.3) is 0 Å². The van der Waals surface area contributed by atoms with Crippen molar-refractivity contribution in [2.75, 3.05) is 39.3 Å². The van der Waals surface area contributed by atoms with Gasteiger partial charge in [0.15, 0.2) is 10.8 Å². The van der Waals surface area contributed by atoms with Gasteiger partial charge < -0.3 is 25.0 Å². The number of carboxylic acid groups (broad SMARTS) is 1. The van der Waals surface area contributed by atoms with Gasteiger partial charge in [0.2, 0.25) is 0 Å². The number of nitrogens with zero attached hydrogens (tertiary/aromatic N) is 5. The van der Waals surface area contributed by atoms with E-state index < -0.39 is 29.7 Å². The van der Waals surface area contributed by atoms with Gasteiger partial charge in [-0.25, -0.2) is 19.0 Å². The number of thiazole rings is 1. The van der Waals surface area contributed by atoms with Crippen molar-refractivity contribution in [3.8, 4) is 0 Å². The van der Waals surface area contributed by atoms with E-state index in [0.717, 1.165) is 0 Å². The molecule has 0 radical (unpaired) electrons. The van der Waals surface area contributed by atoms with Gasteiger partial charge in [-0.1, -0.05) is 23.7 Å². The Balaban J connectivity index is 1.28. The van der Waals surface area contributed by atoms with Gasteiger partial charge in [0.1, 0.15) is 11.9 Å². The number of hydrogen-bond acceptors (Lipinski definition) is 9. The number of esters is 1. The van der Waals surface area contributed by atoms with Crippen LogP contribution in [0.25, 0.3) is 0 Å². The molecule has 3 aliphatic heterocycles. The molecular formula is C29H32ClFN6O5S. The summed E-state index contributed by atoms with van der Waals surface area (Å²) >= 11 is 7.80. The molecule has 4 aliphatic rings. The molecule has 4 heterocycles. The van der Waals surface area contributed by atoms with E-state index in [0.29, 0.717) is 74.1 Å². The molecule has 14 heteroatoms. The molecule has 2 amide bonds. The van der Waals surface area contributed by atoms with Crippen molar-refractivity contribution in [2.45, 2.75) is 44.3 Å². The summed E-state index contributed by atoms with van der Waals surface area (Å²) in [6.07, 6.45) is 3.41. The first-order valence-electron chi connectivity index (χ1n) is 14.4. The van der Waals surface area contributed by atoms with Crippen LogP contribution in [0, 0.1) is 11.7 Å². The van der Waals surface area contributed by atoms with E-state index in [-0.39, 0.29) is 35.3 Å².